The molecule has 0 amide bonds. The highest BCUT2D eigenvalue weighted by atomic mass is 16.5. The van der Waals surface area contributed by atoms with Crippen LogP contribution in [0.5, 0.6) is 0 Å². The lowest BCUT2D eigenvalue weighted by molar-refractivity contribution is 0.0599. The van der Waals surface area contributed by atoms with Gasteiger partial charge in [0.2, 0.25) is 0 Å². The third kappa shape index (κ3) is 2.24. The first-order chi connectivity index (χ1) is 10.1. The van der Waals surface area contributed by atoms with Crippen LogP contribution in [0.3, 0.4) is 0 Å². The minimum absolute atomic E-state index is 0.188. The number of furan rings is 1. The predicted octanol–water partition coefficient (Wildman–Crippen LogP) is 2.33. The Balaban J connectivity index is 2.01. The Bertz CT molecular complexity index is 868. The van der Waals surface area contributed by atoms with Gasteiger partial charge in [0.25, 0.3) is 0 Å². The van der Waals surface area contributed by atoms with E-state index in [1.54, 1.807) is 31.2 Å². The third-order valence-corrected chi connectivity index (χ3v) is 3.26. The number of ether oxygens (including phenoxy) is 1. The molecule has 0 saturated heterocycles. The Hall–Kier alpha value is -2.76. The first-order valence-electron chi connectivity index (χ1n) is 6.36. The van der Waals surface area contributed by atoms with E-state index in [0.717, 1.165) is 0 Å². The number of carbonyl (C=O) groups excluding carboxylic acids is 1. The molecule has 0 fully saturated rings. The average molecular weight is 287 g/mol. The van der Waals surface area contributed by atoms with Crippen molar-refractivity contribution >= 4 is 17.1 Å². The van der Waals surface area contributed by atoms with Crippen LogP contribution in [-0.4, -0.2) is 17.6 Å². The largest absolute Gasteiger partial charge is 0.465 e. The second-order valence-corrected chi connectivity index (χ2v) is 4.60. The number of methoxy groups -OCH3 is 1. The van der Waals surface area contributed by atoms with Crippen molar-refractivity contribution in [2.45, 2.75) is 13.5 Å². The summed E-state index contributed by atoms with van der Waals surface area (Å²) in [6.07, 6.45) is 0. The highest BCUT2D eigenvalue weighted by molar-refractivity contribution is 5.90. The average Bonchev–Trinajstić information content (AvgIpc) is 2.99. The molecular weight excluding hydrogens is 274 g/mol. The molecule has 6 heteroatoms. The van der Waals surface area contributed by atoms with Crippen molar-refractivity contribution < 1.29 is 18.4 Å². The van der Waals surface area contributed by atoms with Gasteiger partial charge < -0.3 is 13.6 Å². The molecular formula is C15H13NO5. The number of hydrogen-bond donors (Lipinski definition) is 0. The summed E-state index contributed by atoms with van der Waals surface area (Å²) in [5.41, 5.74) is 1.54. The number of esters is 1. The Kier molecular flexibility index (Phi) is 3.13. The molecule has 6 nitrogen and oxygen atoms in total. The predicted molar refractivity (Wildman–Crippen MR) is 74.4 cm³/mol. The van der Waals surface area contributed by atoms with Crippen LogP contribution in [-0.2, 0) is 11.3 Å². The molecule has 0 spiro atoms. The number of rotatable bonds is 3. The van der Waals surface area contributed by atoms with Crippen LogP contribution in [0.1, 0.15) is 21.9 Å². The summed E-state index contributed by atoms with van der Waals surface area (Å²) in [5.74, 6) is 0.0102. The maximum Gasteiger partial charge on any atom is 0.420 e. The first-order valence-corrected chi connectivity index (χ1v) is 6.36. The van der Waals surface area contributed by atoms with E-state index in [9.17, 15) is 9.59 Å². The second kappa shape index (κ2) is 4.97. The van der Waals surface area contributed by atoms with E-state index in [1.807, 2.05) is 6.07 Å². The maximum absolute atomic E-state index is 11.9. The van der Waals surface area contributed by atoms with Crippen LogP contribution in [0.25, 0.3) is 11.1 Å². The highest BCUT2D eigenvalue weighted by Crippen LogP contribution is 2.18. The van der Waals surface area contributed by atoms with Gasteiger partial charge in [-0.25, -0.2) is 9.59 Å². The molecule has 0 aliphatic heterocycles. The quantitative estimate of drug-likeness (QED) is 0.691. The van der Waals surface area contributed by atoms with Crippen molar-refractivity contribution in [3.63, 3.8) is 0 Å². The number of aryl methyl sites for hydroxylation is 1. The highest BCUT2D eigenvalue weighted by Gasteiger charge is 2.17. The summed E-state index contributed by atoms with van der Waals surface area (Å²) in [6, 6.07) is 8.70. The van der Waals surface area contributed by atoms with E-state index in [1.165, 1.54) is 11.7 Å². The van der Waals surface area contributed by atoms with Gasteiger partial charge in [0, 0.05) is 0 Å². The molecule has 0 bridgehead atoms. The van der Waals surface area contributed by atoms with Crippen LogP contribution >= 0.6 is 0 Å². The van der Waals surface area contributed by atoms with Crippen LogP contribution in [0, 0.1) is 6.92 Å². The third-order valence-electron chi connectivity index (χ3n) is 3.26. The summed E-state index contributed by atoms with van der Waals surface area (Å²) in [6.45, 7) is 1.86. The summed E-state index contributed by atoms with van der Waals surface area (Å²) >= 11 is 0. The fraction of sp³-hybridized carbons (Fsp3) is 0.200. The lowest BCUT2D eigenvalue weighted by Gasteiger charge is -1.98. The van der Waals surface area contributed by atoms with Gasteiger partial charge in [0.05, 0.1) is 19.2 Å². The number of benzene rings is 1. The fourth-order valence-electron chi connectivity index (χ4n) is 2.25. The van der Waals surface area contributed by atoms with Crippen molar-refractivity contribution in [1.29, 1.82) is 0 Å². The van der Waals surface area contributed by atoms with E-state index in [-0.39, 0.29) is 6.54 Å². The van der Waals surface area contributed by atoms with Gasteiger partial charge in [-0.2, -0.15) is 0 Å². The van der Waals surface area contributed by atoms with Crippen molar-refractivity contribution in [2.75, 3.05) is 7.11 Å². The van der Waals surface area contributed by atoms with E-state index < -0.39 is 11.7 Å². The minimum atomic E-state index is -0.468. The first kappa shape index (κ1) is 13.2. The summed E-state index contributed by atoms with van der Waals surface area (Å²) < 4.78 is 16.8. The van der Waals surface area contributed by atoms with Crippen molar-refractivity contribution in [1.82, 2.24) is 4.57 Å². The molecule has 21 heavy (non-hydrogen) atoms. The fourth-order valence-corrected chi connectivity index (χ4v) is 2.25. The van der Waals surface area contributed by atoms with Gasteiger partial charge in [0.1, 0.15) is 17.1 Å². The smallest absolute Gasteiger partial charge is 0.420 e. The Morgan fingerprint density at radius 2 is 2.05 bits per heavy atom. The number of nitrogens with zero attached hydrogens (tertiary/aromatic N) is 1. The normalized spacial score (nSPS) is 11.0. The van der Waals surface area contributed by atoms with Crippen LogP contribution < -0.4 is 5.76 Å². The molecule has 0 unspecified atom stereocenters. The number of aromatic nitrogens is 1. The zero-order chi connectivity index (χ0) is 15.0. The van der Waals surface area contributed by atoms with E-state index in [2.05, 4.69) is 4.74 Å². The molecule has 0 radical (unpaired) electrons. The van der Waals surface area contributed by atoms with Crippen LogP contribution in [0.4, 0.5) is 0 Å². The van der Waals surface area contributed by atoms with Gasteiger partial charge in [0.15, 0.2) is 5.58 Å². The Morgan fingerprint density at radius 1 is 1.29 bits per heavy atom. The van der Waals surface area contributed by atoms with Gasteiger partial charge in [-0.1, -0.05) is 12.1 Å². The molecule has 0 aliphatic rings. The molecule has 3 aromatic rings. The number of fused-ring (bicyclic) bond motifs is 1. The number of oxazole rings is 1. The Labute approximate surface area is 119 Å². The topological polar surface area (TPSA) is 74.6 Å². The second-order valence-electron chi connectivity index (χ2n) is 4.60. The molecule has 108 valence electrons. The van der Waals surface area contributed by atoms with E-state index in [0.29, 0.717) is 28.2 Å². The Morgan fingerprint density at radius 3 is 2.81 bits per heavy atom. The standard InChI is InChI=1S/C15H13NO5/c1-9-11(14(17)19-2)7-10(20-9)8-16-12-5-3-4-6-13(12)21-15(16)18/h3-7H,8H2,1-2H3. The SMILES string of the molecule is COC(=O)c1cc(Cn2c(=O)oc3ccccc32)oc1C. The monoisotopic (exact) mass is 287 g/mol. The van der Waals surface area contributed by atoms with Crippen LogP contribution in [0.15, 0.2) is 44.0 Å². The molecule has 2 aromatic heterocycles. The van der Waals surface area contributed by atoms with Crippen molar-refractivity contribution in [3.05, 3.63) is 58.0 Å². The summed E-state index contributed by atoms with van der Waals surface area (Å²) in [4.78, 5) is 23.4. The van der Waals surface area contributed by atoms with Gasteiger partial charge >= 0.3 is 11.7 Å². The van der Waals surface area contributed by atoms with Crippen LogP contribution in [0.2, 0.25) is 0 Å². The molecule has 1 aromatic carbocycles. The molecule has 2 heterocycles. The minimum Gasteiger partial charge on any atom is -0.465 e. The molecule has 3 rings (SSSR count). The van der Waals surface area contributed by atoms with E-state index >= 15 is 0 Å². The molecule has 0 aliphatic carbocycles. The van der Waals surface area contributed by atoms with E-state index in [4.69, 9.17) is 8.83 Å². The van der Waals surface area contributed by atoms with Gasteiger partial charge in [-0.15, -0.1) is 0 Å². The number of carbonyl (C=O) groups is 1. The van der Waals surface area contributed by atoms with Gasteiger partial charge in [-0.05, 0) is 25.1 Å². The van der Waals surface area contributed by atoms with Crippen molar-refractivity contribution in [2.24, 2.45) is 0 Å². The lowest BCUT2D eigenvalue weighted by atomic mass is 10.2. The number of hydrogen-bond acceptors (Lipinski definition) is 5. The van der Waals surface area contributed by atoms with Crippen molar-refractivity contribution in [3.8, 4) is 0 Å². The maximum atomic E-state index is 11.9. The molecule has 0 N–H and O–H groups in total. The zero-order valence-corrected chi connectivity index (χ0v) is 11.6. The van der Waals surface area contributed by atoms with Gasteiger partial charge in [-0.3, -0.25) is 4.57 Å². The molecule has 0 atom stereocenters. The summed E-state index contributed by atoms with van der Waals surface area (Å²) in [7, 11) is 1.31. The zero-order valence-electron chi connectivity index (χ0n) is 11.6. The number of para-hydroxylation sites is 2. The molecule has 0 saturated carbocycles. The summed E-state index contributed by atoms with van der Waals surface area (Å²) in [5, 5.41) is 0. The lowest BCUT2D eigenvalue weighted by Crippen LogP contribution is -2.14.